The van der Waals surface area contributed by atoms with E-state index in [0.29, 0.717) is 18.4 Å². The van der Waals surface area contributed by atoms with E-state index in [-0.39, 0.29) is 29.3 Å². The molecule has 2 rings (SSSR count). The number of H-pyrrole nitrogens is 1. The maximum absolute atomic E-state index is 11.4. The van der Waals surface area contributed by atoms with Crippen LogP contribution in [-0.4, -0.2) is 36.9 Å². The molecule has 0 saturated carbocycles. The lowest BCUT2D eigenvalue weighted by Gasteiger charge is -2.16. The Morgan fingerprint density at radius 2 is 2.25 bits per heavy atom. The zero-order chi connectivity index (χ0) is 14.9. The highest BCUT2D eigenvalue weighted by molar-refractivity contribution is 7.71. The summed E-state index contributed by atoms with van der Waals surface area (Å²) in [7, 11) is -4.24. The van der Waals surface area contributed by atoms with Crippen molar-refractivity contribution in [1.82, 2.24) is 9.55 Å². The van der Waals surface area contributed by atoms with Crippen LogP contribution in [0.4, 0.5) is 0 Å². The van der Waals surface area contributed by atoms with Gasteiger partial charge in [0.25, 0.3) is 5.56 Å². The monoisotopic (exact) mass is 323 g/mol. The number of hydrogen-bond acceptors (Lipinski definition) is 7. The fraction of sp³-hybridized carbons (Fsp3) is 0.600. The van der Waals surface area contributed by atoms with Gasteiger partial charge in [0.05, 0.1) is 6.10 Å². The Balaban J connectivity index is 2.05. The van der Waals surface area contributed by atoms with Gasteiger partial charge in [0.15, 0.2) is 4.77 Å². The lowest BCUT2D eigenvalue weighted by atomic mass is 10.2. The minimum Gasteiger partial charge on any atom is -0.352 e. The molecule has 0 radical (unpaired) electrons. The molecule has 1 aromatic rings. The van der Waals surface area contributed by atoms with Gasteiger partial charge in [0.2, 0.25) is 0 Å². The topological polar surface area (TPSA) is 117 Å². The maximum atomic E-state index is 11.4. The van der Waals surface area contributed by atoms with Crippen LogP contribution >= 0.6 is 20.4 Å². The molecule has 2 atom stereocenters. The van der Waals surface area contributed by atoms with Gasteiger partial charge in [-0.25, -0.2) is 0 Å². The van der Waals surface area contributed by atoms with Gasteiger partial charge < -0.3 is 4.74 Å². The lowest BCUT2D eigenvalue weighted by Crippen LogP contribution is -2.21. The predicted octanol–water partition coefficient (Wildman–Crippen LogP) is 0.563. The molecular formula is C10H16N2O6PS+. The van der Waals surface area contributed by atoms with Gasteiger partial charge in [-0.05, 0) is 32.0 Å². The number of ether oxygens (including phenoxy) is 1. The van der Waals surface area contributed by atoms with Crippen LogP contribution < -0.4 is 5.56 Å². The van der Waals surface area contributed by atoms with Crippen molar-refractivity contribution < 1.29 is 23.9 Å². The van der Waals surface area contributed by atoms with Gasteiger partial charge >= 0.3 is 8.17 Å². The summed E-state index contributed by atoms with van der Waals surface area (Å²) in [5, 5.41) is 0. The van der Waals surface area contributed by atoms with Crippen LogP contribution in [0.25, 0.3) is 0 Å². The quantitative estimate of drug-likeness (QED) is 0.472. The van der Waals surface area contributed by atoms with Gasteiger partial charge in [-0.15, -0.1) is 0 Å². The average molecular weight is 323 g/mol. The zero-order valence-corrected chi connectivity index (χ0v) is 12.4. The highest BCUT2D eigenvalue weighted by Gasteiger charge is 2.36. The standard InChI is InChI=1S/C10H15N2O6PS/c1-6-4-12(10(20)11-9(6)13)8-3-2-7(18-8)5-17-19(14,15)16/h4,7-8,14-16H,2-3,5H2,1H3/p+1. The maximum Gasteiger partial charge on any atom is 0.567 e. The van der Waals surface area contributed by atoms with Gasteiger partial charge in [-0.1, -0.05) is 0 Å². The number of hydrogen-bond donors (Lipinski definition) is 4. The van der Waals surface area contributed by atoms with E-state index in [1.54, 1.807) is 17.7 Å². The molecule has 0 spiro atoms. The molecule has 112 valence electrons. The second-order valence-electron chi connectivity index (χ2n) is 4.58. The summed E-state index contributed by atoms with van der Waals surface area (Å²) >= 11 is 5.08. The van der Waals surface area contributed by atoms with Gasteiger partial charge in [0, 0.05) is 11.8 Å². The van der Waals surface area contributed by atoms with Crippen LogP contribution in [0.3, 0.4) is 0 Å². The van der Waals surface area contributed by atoms with Crippen molar-refractivity contribution >= 4 is 20.4 Å². The second-order valence-corrected chi connectivity index (χ2v) is 6.25. The zero-order valence-electron chi connectivity index (χ0n) is 10.7. The predicted molar refractivity (Wildman–Crippen MR) is 73.3 cm³/mol. The Labute approximate surface area is 120 Å². The van der Waals surface area contributed by atoms with Crippen molar-refractivity contribution in [2.75, 3.05) is 6.61 Å². The number of nitrogens with zero attached hydrogens (tertiary/aromatic N) is 1. The van der Waals surface area contributed by atoms with Crippen LogP contribution in [0.2, 0.25) is 0 Å². The third-order valence-corrected chi connectivity index (χ3v) is 3.78. The highest BCUT2D eigenvalue weighted by Crippen LogP contribution is 2.46. The highest BCUT2D eigenvalue weighted by atomic mass is 32.1. The first-order valence-corrected chi connectivity index (χ1v) is 7.93. The minimum absolute atomic E-state index is 0.122. The third-order valence-electron chi connectivity index (χ3n) is 2.97. The number of rotatable bonds is 4. The Kier molecular flexibility index (Phi) is 4.70. The molecule has 0 aromatic carbocycles. The van der Waals surface area contributed by atoms with Crippen LogP contribution in [0, 0.1) is 11.7 Å². The molecule has 0 amide bonds. The first-order valence-electron chi connectivity index (χ1n) is 5.95. The lowest BCUT2D eigenvalue weighted by molar-refractivity contribution is -0.0263. The molecule has 8 nitrogen and oxygen atoms in total. The Morgan fingerprint density at radius 3 is 2.90 bits per heavy atom. The third kappa shape index (κ3) is 3.92. The first kappa shape index (κ1) is 15.7. The number of aromatic amines is 1. The SMILES string of the molecule is Cc1cn(C2CCC(CO[P+](O)(O)O)O2)c(=S)[nH]c1=O. The Morgan fingerprint density at radius 1 is 1.55 bits per heavy atom. The van der Waals surface area contributed by atoms with E-state index in [4.69, 9.17) is 31.6 Å². The van der Waals surface area contributed by atoms with Gasteiger partial charge in [-0.3, -0.25) is 14.3 Å². The summed E-state index contributed by atoms with van der Waals surface area (Å²) in [6, 6.07) is 0. The van der Waals surface area contributed by atoms with E-state index in [1.165, 1.54) is 0 Å². The van der Waals surface area contributed by atoms with Crippen molar-refractivity contribution in [1.29, 1.82) is 0 Å². The van der Waals surface area contributed by atoms with Crippen molar-refractivity contribution in [3.63, 3.8) is 0 Å². The number of aryl methyl sites for hydroxylation is 1. The smallest absolute Gasteiger partial charge is 0.352 e. The van der Waals surface area contributed by atoms with E-state index < -0.39 is 8.17 Å². The van der Waals surface area contributed by atoms with Crippen LogP contribution in [-0.2, 0) is 9.26 Å². The van der Waals surface area contributed by atoms with E-state index in [2.05, 4.69) is 9.51 Å². The van der Waals surface area contributed by atoms with E-state index in [1.807, 2.05) is 0 Å². The molecule has 2 heterocycles. The van der Waals surface area contributed by atoms with Gasteiger partial charge in [-0.2, -0.15) is 19.2 Å². The van der Waals surface area contributed by atoms with Crippen LogP contribution in [0.5, 0.6) is 0 Å². The largest absolute Gasteiger partial charge is 0.567 e. The first-order chi connectivity index (χ1) is 9.26. The number of aromatic nitrogens is 2. The second kappa shape index (κ2) is 5.98. The van der Waals surface area contributed by atoms with E-state index in [9.17, 15) is 4.79 Å². The fourth-order valence-electron chi connectivity index (χ4n) is 2.00. The van der Waals surface area contributed by atoms with Crippen molar-refractivity contribution in [3.05, 3.63) is 26.9 Å². The summed E-state index contributed by atoms with van der Waals surface area (Å²) in [6.45, 7) is 1.55. The van der Waals surface area contributed by atoms with Crippen molar-refractivity contribution in [2.45, 2.75) is 32.1 Å². The van der Waals surface area contributed by atoms with Crippen molar-refractivity contribution in [3.8, 4) is 0 Å². The number of nitrogens with one attached hydrogen (secondary N) is 1. The van der Waals surface area contributed by atoms with E-state index in [0.717, 1.165) is 0 Å². The van der Waals surface area contributed by atoms with Crippen LogP contribution in [0.1, 0.15) is 24.6 Å². The van der Waals surface area contributed by atoms with E-state index >= 15 is 0 Å². The molecule has 1 saturated heterocycles. The molecule has 1 aliphatic rings. The average Bonchev–Trinajstić information content (AvgIpc) is 2.79. The summed E-state index contributed by atoms with van der Waals surface area (Å²) in [4.78, 5) is 40.2. The molecule has 1 fully saturated rings. The van der Waals surface area contributed by atoms with Gasteiger partial charge in [0.1, 0.15) is 12.8 Å². The fourth-order valence-corrected chi connectivity index (χ4v) is 2.63. The van der Waals surface area contributed by atoms with Crippen LogP contribution in [0.15, 0.2) is 11.0 Å². The molecule has 2 unspecified atom stereocenters. The summed E-state index contributed by atoms with van der Waals surface area (Å²) in [5.41, 5.74) is 0.285. The molecule has 20 heavy (non-hydrogen) atoms. The minimum atomic E-state index is -4.24. The summed E-state index contributed by atoms with van der Waals surface area (Å²) in [6.07, 6.45) is 2.15. The normalized spacial score (nSPS) is 23.2. The Bertz CT molecular complexity index is 595. The molecule has 4 N–H and O–H groups in total. The summed E-state index contributed by atoms with van der Waals surface area (Å²) in [5.74, 6) is 0. The molecule has 1 aliphatic heterocycles. The molecule has 0 aliphatic carbocycles. The van der Waals surface area contributed by atoms with Crippen molar-refractivity contribution in [2.24, 2.45) is 0 Å². The summed E-state index contributed by atoms with van der Waals surface area (Å²) < 4.78 is 12.1. The molecule has 0 bridgehead atoms. The molecular weight excluding hydrogens is 307 g/mol. The Hall–Kier alpha value is -0.670. The molecule has 10 heteroatoms. The molecule has 1 aromatic heterocycles.